The van der Waals surface area contributed by atoms with Gasteiger partial charge in [0.05, 0.1) is 11.4 Å². The van der Waals surface area contributed by atoms with Crippen molar-refractivity contribution in [2.75, 3.05) is 5.75 Å². The van der Waals surface area contributed by atoms with E-state index in [4.69, 9.17) is 16.2 Å². The van der Waals surface area contributed by atoms with E-state index in [0.717, 1.165) is 5.56 Å². The highest BCUT2D eigenvalue weighted by molar-refractivity contribution is 7.89. The van der Waals surface area contributed by atoms with Crippen molar-refractivity contribution in [3.63, 3.8) is 0 Å². The number of nitrogens with zero attached hydrogens (tertiary/aromatic N) is 1. The highest BCUT2D eigenvalue weighted by atomic mass is 32.2. The number of sulfonamides is 1. The van der Waals surface area contributed by atoms with Gasteiger partial charge in [0.2, 0.25) is 10.0 Å². The Balaban J connectivity index is 1.97. The third-order valence-corrected chi connectivity index (χ3v) is 5.79. The standard InChI is InChI=1S/C21H28N4O5S/c1-2-3-11-31(28,29)25-19(20(26)27)13-15-7-9-18(10-8-15)30-14-16-5-4-6-17(12-16)24-21(22)23/h4-10,12,19,25H,2-3,11,13-14H2,1H3,(H,26,27)(H4,22,23,24)/t19-/m0/s1. The molecular formula is C21H28N4O5S. The molecule has 0 aliphatic rings. The van der Waals surface area contributed by atoms with Crippen LogP contribution in [0.2, 0.25) is 0 Å². The van der Waals surface area contributed by atoms with Crippen LogP contribution in [0, 0.1) is 0 Å². The topological polar surface area (TPSA) is 157 Å². The molecule has 2 aromatic rings. The fraction of sp³-hybridized carbons (Fsp3) is 0.333. The van der Waals surface area contributed by atoms with E-state index < -0.39 is 22.0 Å². The summed E-state index contributed by atoms with van der Waals surface area (Å²) in [6.45, 7) is 2.16. The fourth-order valence-corrected chi connectivity index (χ4v) is 4.18. The number of carboxylic acid groups (broad SMARTS) is 1. The van der Waals surface area contributed by atoms with Crippen LogP contribution < -0.4 is 20.9 Å². The Morgan fingerprint density at radius 3 is 2.48 bits per heavy atom. The molecular weight excluding hydrogens is 420 g/mol. The number of carbonyl (C=O) groups is 1. The van der Waals surface area contributed by atoms with E-state index in [2.05, 4.69) is 9.71 Å². The van der Waals surface area contributed by atoms with Gasteiger partial charge in [-0.1, -0.05) is 37.6 Å². The first-order valence-corrected chi connectivity index (χ1v) is 11.5. The molecule has 0 saturated heterocycles. The summed E-state index contributed by atoms with van der Waals surface area (Å²) in [4.78, 5) is 15.5. The molecule has 10 heteroatoms. The molecule has 9 nitrogen and oxygen atoms in total. The highest BCUT2D eigenvalue weighted by Crippen LogP contribution is 2.18. The average Bonchev–Trinajstić information content (AvgIpc) is 2.71. The monoisotopic (exact) mass is 448 g/mol. The van der Waals surface area contributed by atoms with Crippen molar-refractivity contribution < 1.29 is 23.1 Å². The van der Waals surface area contributed by atoms with E-state index >= 15 is 0 Å². The third kappa shape index (κ3) is 8.65. The summed E-state index contributed by atoms with van der Waals surface area (Å²) in [7, 11) is -3.65. The van der Waals surface area contributed by atoms with Gasteiger partial charge in [-0.05, 0) is 48.2 Å². The van der Waals surface area contributed by atoms with Crippen molar-refractivity contribution in [3.05, 3.63) is 59.7 Å². The maximum absolute atomic E-state index is 12.0. The van der Waals surface area contributed by atoms with E-state index in [-0.39, 0.29) is 18.1 Å². The molecule has 0 aliphatic heterocycles. The Bertz CT molecular complexity index is 1000. The van der Waals surface area contributed by atoms with Crippen LogP contribution in [-0.4, -0.2) is 37.2 Å². The Labute approximate surface area is 182 Å². The lowest BCUT2D eigenvalue weighted by atomic mass is 10.1. The molecule has 0 fully saturated rings. The van der Waals surface area contributed by atoms with Gasteiger partial charge in [0, 0.05) is 0 Å². The maximum atomic E-state index is 12.0. The van der Waals surface area contributed by atoms with Crippen molar-refractivity contribution in [2.24, 2.45) is 16.5 Å². The van der Waals surface area contributed by atoms with Crippen molar-refractivity contribution in [1.29, 1.82) is 0 Å². The Morgan fingerprint density at radius 2 is 1.87 bits per heavy atom. The molecule has 0 aliphatic carbocycles. The SMILES string of the molecule is CCCCS(=O)(=O)N[C@@H](Cc1ccc(OCc2cccc(N=C(N)N)c2)cc1)C(=O)O. The lowest BCUT2D eigenvalue weighted by molar-refractivity contribution is -0.138. The smallest absolute Gasteiger partial charge is 0.322 e. The van der Waals surface area contributed by atoms with E-state index in [1.165, 1.54) is 0 Å². The third-order valence-electron chi connectivity index (χ3n) is 4.32. The number of nitrogens with two attached hydrogens (primary N) is 2. The van der Waals surface area contributed by atoms with Gasteiger partial charge in [0.25, 0.3) is 0 Å². The Hall–Kier alpha value is -3.11. The zero-order valence-corrected chi connectivity index (χ0v) is 18.1. The summed E-state index contributed by atoms with van der Waals surface area (Å²) in [5, 5.41) is 9.39. The molecule has 0 aromatic heterocycles. The van der Waals surface area contributed by atoms with Crippen LogP contribution in [0.5, 0.6) is 5.75 Å². The van der Waals surface area contributed by atoms with Crippen LogP contribution in [-0.2, 0) is 27.8 Å². The van der Waals surface area contributed by atoms with Gasteiger partial charge in [0.1, 0.15) is 18.4 Å². The quantitative estimate of drug-likeness (QED) is 0.285. The van der Waals surface area contributed by atoms with Crippen LogP contribution in [0.4, 0.5) is 5.69 Å². The maximum Gasteiger partial charge on any atom is 0.322 e. The number of aliphatic carboxylic acids is 1. The van der Waals surface area contributed by atoms with E-state index in [0.29, 0.717) is 36.4 Å². The molecule has 6 N–H and O–H groups in total. The number of hydrogen-bond donors (Lipinski definition) is 4. The molecule has 0 unspecified atom stereocenters. The number of aliphatic imine (C=N–C) groups is 1. The summed E-state index contributed by atoms with van der Waals surface area (Å²) < 4.78 is 32.1. The number of nitrogens with one attached hydrogen (secondary N) is 1. The van der Waals surface area contributed by atoms with Gasteiger partial charge >= 0.3 is 5.97 Å². The number of carboxylic acids is 1. The minimum Gasteiger partial charge on any atom is -0.489 e. The van der Waals surface area contributed by atoms with Crippen LogP contribution >= 0.6 is 0 Å². The number of rotatable bonds is 12. The van der Waals surface area contributed by atoms with Crippen LogP contribution in [0.3, 0.4) is 0 Å². The largest absolute Gasteiger partial charge is 0.489 e. The number of benzene rings is 2. The molecule has 0 saturated carbocycles. The molecule has 0 amide bonds. The van der Waals surface area contributed by atoms with Crippen molar-refractivity contribution in [3.8, 4) is 5.75 Å². The second-order valence-corrected chi connectivity index (χ2v) is 8.90. The minimum atomic E-state index is -3.65. The highest BCUT2D eigenvalue weighted by Gasteiger charge is 2.24. The molecule has 0 spiro atoms. The number of guanidine groups is 1. The van der Waals surface area contributed by atoms with E-state index in [9.17, 15) is 18.3 Å². The second-order valence-electron chi connectivity index (χ2n) is 7.02. The summed E-state index contributed by atoms with van der Waals surface area (Å²) in [5.74, 6) is -0.752. The zero-order valence-electron chi connectivity index (χ0n) is 17.3. The Morgan fingerprint density at radius 1 is 1.16 bits per heavy atom. The van der Waals surface area contributed by atoms with Crippen molar-refractivity contribution in [1.82, 2.24) is 4.72 Å². The Kier molecular flexibility index (Phi) is 8.83. The van der Waals surface area contributed by atoms with E-state index in [1.54, 1.807) is 36.4 Å². The first-order chi connectivity index (χ1) is 14.7. The second kappa shape index (κ2) is 11.3. The normalized spacial score (nSPS) is 12.2. The predicted molar refractivity (Wildman–Crippen MR) is 120 cm³/mol. The first-order valence-electron chi connectivity index (χ1n) is 9.81. The summed E-state index contributed by atoms with van der Waals surface area (Å²) in [6, 6.07) is 12.9. The van der Waals surface area contributed by atoms with Crippen molar-refractivity contribution >= 4 is 27.6 Å². The molecule has 0 radical (unpaired) electrons. The molecule has 168 valence electrons. The lowest BCUT2D eigenvalue weighted by Crippen LogP contribution is -2.43. The number of unbranched alkanes of at least 4 members (excludes halogenated alkanes) is 1. The fourth-order valence-electron chi connectivity index (χ4n) is 2.78. The predicted octanol–water partition coefficient (Wildman–Crippen LogP) is 1.89. The lowest BCUT2D eigenvalue weighted by Gasteiger charge is -2.15. The summed E-state index contributed by atoms with van der Waals surface area (Å²) in [6.07, 6.45) is 1.21. The van der Waals surface area contributed by atoms with Crippen molar-refractivity contribution in [2.45, 2.75) is 38.8 Å². The van der Waals surface area contributed by atoms with Crippen LogP contribution in [0.15, 0.2) is 53.5 Å². The molecule has 2 rings (SSSR count). The van der Waals surface area contributed by atoms with Gasteiger partial charge in [-0.15, -0.1) is 0 Å². The molecule has 0 bridgehead atoms. The van der Waals surface area contributed by atoms with Gasteiger partial charge in [-0.2, -0.15) is 0 Å². The number of ether oxygens (including phenoxy) is 1. The summed E-state index contributed by atoms with van der Waals surface area (Å²) in [5.41, 5.74) is 12.9. The van der Waals surface area contributed by atoms with Crippen LogP contribution in [0.1, 0.15) is 30.9 Å². The molecule has 1 atom stereocenters. The molecule has 2 aromatic carbocycles. The summed E-state index contributed by atoms with van der Waals surface area (Å²) >= 11 is 0. The van der Waals surface area contributed by atoms with Gasteiger partial charge < -0.3 is 21.3 Å². The van der Waals surface area contributed by atoms with Gasteiger partial charge in [-0.25, -0.2) is 18.1 Å². The van der Waals surface area contributed by atoms with E-state index in [1.807, 2.05) is 19.1 Å². The molecule has 31 heavy (non-hydrogen) atoms. The minimum absolute atomic E-state index is 0.0269. The average molecular weight is 449 g/mol. The number of hydrogen-bond acceptors (Lipinski definition) is 5. The molecule has 0 heterocycles. The zero-order chi connectivity index (χ0) is 22.9. The van der Waals surface area contributed by atoms with Crippen LogP contribution in [0.25, 0.3) is 0 Å². The van der Waals surface area contributed by atoms with Gasteiger partial charge in [-0.3, -0.25) is 4.79 Å². The first kappa shape index (κ1) is 24.2. The van der Waals surface area contributed by atoms with Gasteiger partial charge in [0.15, 0.2) is 5.96 Å².